The lowest BCUT2D eigenvalue weighted by Crippen LogP contribution is -2.31. The molecule has 2 aromatic rings. The van der Waals surface area contributed by atoms with Gasteiger partial charge in [-0.1, -0.05) is 24.3 Å². The molecule has 1 aromatic heterocycles. The van der Waals surface area contributed by atoms with E-state index in [4.69, 9.17) is 4.74 Å². The van der Waals surface area contributed by atoms with Crippen LogP contribution in [0.25, 0.3) is 0 Å². The van der Waals surface area contributed by atoms with Crippen LogP contribution in [0.15, 0.2) is 24.3 Å². The number of esters is 1. The average molecular weight is 415 g/mol. The summed E-state index contributed by atoms with van der Waals surface area (Å²) in [5, 5.41) is 6.12. The van der Waals surface area contributed by atoms with Crippen LogP contribution < -0.4 is 10.6 Å². The number of rotatable bonds is 6. The van der Waals surface area contributed by atoms with Gasteiger partial charge in [0, 0.05) is 11.8 Å². The number of anilines is 1. The summed E-state index contributed by atoms with van der Waals surface area (Å²) in [5.74, 6) is -1.16. The minimum Gasteiger partial charge on any atom is -0.452 e. The highest BCUT2D eigenvalue weighted by atomic mass is 32.1. The Hall–Kier alpha value is -2.67. The molecular formula is C22H26N2O4S. The standard InChI is InChI=1S/C22H26N2O4S/c1-13-8-4-5-9-16(13)14(2)23-19(26)12-28-22(27)20-17-10-6-7-11-18(17)29-21(20)24-15(3)25/h4-5,8-9,14H,6-7,10-12H2,1-3H3,(H,23,26)(H,24,25). The van der Waals surface area contributed by atoms with Gasteiger partial charge in [0.05, 0.1) is 11.6 Å². The van der Waals surface area contributed by atoms with Crippen molar-refractivity contribution in [3.05, 3.63) is 51.4 Å². The van der Waals surface area contributed by atoms with Crippen molar-refractivity contribution in [2.24, 2.45) is 0 Å². The fourth-order valence-electron chi connectivity index (χ4n) is 3.67. The van der Waals surface area contributed by atoms with Crippen LogP contribution in [-0.4, -0.2) is 24.4 Å². The molecule has 1 heterocycles. The molecule has 0 fully saturated rings. The van der Waals surface area contributed by atoms with Crippen LogP contribution in [0.3, 0.4) is 0 Å². The summed E-state index contributed by atoms with van der Waals surface area (Å²) in [5.41, 5.74) is 3.46. The first-order valence-corrected chi connectivity index (χ1v) is 10.6. The third kappa shape index (κ3) is 5.03. The van der Waals surface area contributed by atoms with Gasteiger partial charge in [0.15, 0.2) is 6.61 Å². The van der Waals surface area contributed by atoms with E-state index >= 15 is 0 Å². The van der Waals surface area contributed by atoms with Crippen molar-refractivity contribution in [1.29, 1.82) is 0 Å². The van der Waals surface area contributed by atoms with Gasteiger partial charge in [-0.3, -0.25) is 9.59 Å². The predicted molar refractivity (Wildman–Crippen MR) is 113 cm³/mol. The zero-order valence-corrected chi connectivity index (χ0v) is 17.8. The summed E-state index contributed by atoms with van der Waals surface area (Å²) in [6, 6.07) is 7.63. The second-order valence-electron chi connectivity index (χ2n) is 7.32. The average Bonchev–Trinajstić information content (AvgIpc) is 3.03. The van der Waals surface area contributed by atoms with E-state index in [1.165, 1.54) is 18.3 Å². The van der Waals surface area contributed by atoms with Crippen molar-refractivity contribution < 1.29 is 19.1 Å². The third-order valence-corrected chi connectivity index (χ3v) is 6.24. The maximum atomic E-state index is 12.7. The zero-order valence-electron chi connectivity index (χ0n) is 17.0. The van der Waals surface area contributed by atoms with Crippen LogP contribution in [0.2, 0.25) is 0 Å². The molecule has 6 nitrogen and oxygen atoms in total. The summed E-state index contributed by atoms with van der Waals surface area (Å²) in [6.07, 6.45) is 3.75. The molecule has 1 unspecified atom stereocenters. The van der Waals surface area contributed by atoms with Gasteiger partial charge >= 0.3 is 5.97 Å². The molecule has 2 N–H and O–H groups in total. The first-order chi connectivity index (χ1) is 13.9. The fraction of sp³-hybridized carbons (Fsp3) is 0.409. The lowest BCUT2D eigenvalue weighted by atomic mass is 9.95. The first kappa shape index (κ1) is 21.0. The van der Waals surface area contributed by atoms with E-state index in [1.54, 1.807) is 0 Å². The summed E-state index contributed by atoms with van der Waals surface area (Å²) < 4.78 is 5.31. The first-order valence-electron chi connectivity index (χ1n) is 9.81. The number of ether oxygens (including phenoxy) is 1. The van der Waals surface area contributed by atoms with Gasteiger partial charge in [-0.15, -0.1) is 11.3 Å². The van der Waals surface area contributed by atoms with Gasteiger partial charge < -0.3 is 15.4 Å². The van der Waals surface area contributed by atoms with Gasteiger partial charge in [0.2, 0.25) is 5.91 Å². The Morgan fingerprint density at radius 2 is 1.90 bits per heavy atom. The van der Waals surface area contributed by atoms with Crippen LogP contribution >= 0.6 is 11.3 Å². The Morgan fingerprint density at radius 3 is 2.62 bits per heavy atom. The molecule has 7 heteroatoms. The Kier molecular flexibility index (Phi) is 6.69. The molecule has 0 spiro atoms. The molecule has 1 atom stereocenters. The SMILES string of the molecule is CC(=O)Nc1sc2c(c1C(=O)OCC(=O)NC(C)c1ccccc1C)CCCC2. The number of amides is 2. The molecule has 1 aliphatic carbocycles. The van der Waals surface area contributed by atoms with E-state index in [9.17, 15) is 14.4 Å². The number of fused-ring (bicyclic) bond motifs is 1. The molecule has 0 saturated heterocycles. The highest BCUT2D eigenvalue weighted by Crippen LogP contribution is 2.38. The van der Waals surface area contributed by atoms with E-state index in [-0.39, 0.29) is 24.5 Å². The predicted octanol–water partition coefficient (Wildman–Crippen LogP) is 3.93. The molecular weight excluding hydrogens is 388 g/mol. The van der Waals surface area contributed by atoms with E-state index in [0.717, 1.165) is 47.3 Å². The maximum absolute atomic E-state index is 12.7. The summed E-state index contributed by atoms with van der Waals surface area (Å²) in [6.45, 7) is 4.93. The van der Waals surface area contributed by atoms with Gasteiger partial charge in [0.1, 0.15) is 5.00 Å². The maximum Gasteiger partial charge on any atom is 0.341 e. The Bertz CT molecular complexity index is 935. The van der Waals surface area contributed by atoms with Crippen LogP contribution in [0, 0.1) is 6.92 Å². The van der Waals surface area contributed by atoms with E-state index in [2.05, 4.69) is 10.6 Å². The highest BCUT2D eigenvalue weighted by molar-refractivity contribution is 7.17. The van der Waals surface area contributed by atoms with E-state index in [0.29, 0.717) is 10.6 Å². The molecule has 2 amide bonds. The molecule has 154 valence electrons. The van der Waals surface area contributed by atoms with Crippen molar-refractivity contribution in [3.8, 4) is 0 Å². The highest BCUT2D eigenvalue weighted by Gasteiger charge is 2.27. The van der Waals surface area contributed by atoms with Gasteiger partial charge in [0.25, 0.3) is 5.91 Å². The second kappa shape index (κ2) is 9.22. The molecule has 1 aliphatic rings. The molecule has 0 radical (unpaired) electrons. The second-order valence-corrected chi connectivity index (χ2v) is 8.42. The van der Waals surface area contributed by atoms with Crippen LogP contribution in [0.4, 0.5) is 5.00 Å². The van der Waals surface area contributed by atoms with Gasteiger partial charge in [-0.05, 0) is 56.2 Å². The number of carbonyl (C=O) groups is 3. The smallest absolute Gasteiger partial charge is 0.341 e. The number of hydrogen-bond donors (Lipinski definition) is 2. The third-order valence-electron chi connectivity index (χ3n) is 5.03. The number of hydrogen-bond acceptors (Lipinski definition) is 5. The Balaban J connectivity index is 1.66. The molecule has 0 aliphatic heterocycles. The van der Waals surface area contributed by atoms with Crippen molar-refractivity contribution >= 4 is 34.1 Å². The fourth-order valence-corrected chi connectivity index (χ4v) is 4.99. The van der Waals surface area contributed by atoms with E-state index in [1.807, 2.05) is 38.1 Å². The summed E-state index contributed by atoms with van der Waals surface area (Å²) in [4.78, 5) is 37.7. The number of thiophene rings is 1. The minimum atomic E-state index is -0.563. The molecule has 29 heavy (non-hydrogen) atoms. The van der Waals surface area contributed by atoms with Gasteiger partial charge in [-0.25, -0.2) is 4.79 Å². The summed E-state index contributed by atoms with van der Waals surface area (Å²) >= 11 is 1.43. The van der Waals surface area contributed by atoms with Crippen molar-refractivity contribution in [1.82, 2.24) is 5.32 Å². The number of benzene rings is 1. The monoisotopic (exact) mass is 414 g/mol. The van der Waals surface area contributed by atoms with Crippen LogP contribution in [0.5, 0.6) is 0 Å². The minimum absolute atomic E-state index is 0.189. The van der Waals surface area contributed by atoms with Crippen LogP contribution in [0.1, 0.15) is 64.7 Å². The normalized spacial score (nSPS) is 13.9. The number of aryl methyl sites for hydroxylation is 2. The van der Waals surface area contributed by atoms with Gasteiger partial charge in [-0.2, -0.15) is 0 Å². The molecule has 3 rings (SSSR count). The van der Waals surface area contributed by atoms with E-state index < -0.39 is 5.97 Å². The Labute approximate surface area is 174 Å². The zero-order chi connectivity index (χ0) is 21.0. The molecule has 0 saturated carbocycles. The quantitative estimate of drug-likeness (QED) is 0.702. The van der Waals surface area contributed by atoms with Crippen LogP contribution in [-0.2, 0) is 27.2 Å². The lowest BCUT2D eigenvalue weighted by molar-refractivity contribution is -0.124. The van der Waals surface area contributed by atoms with Crippen molar-refractivity contribution in [3.63, 3.8) is 0 Å². The topological polar surface area (TPSA) is 84.5 Å². The number of carbonyl (C=O) groups excluding carboxylic acids is 3. The van der Waals surface area contributed by atoms with Crippen molar-refractivity contribution in [2.45, 2.75) is 52.5 Å². The molecule has 1 aromatic carbocycles. The summed E-state index contributed by atoms with van der Waals surface area (Å²) in [7, 11) is 0. The Morgan fingerprint density at radius 1 is 1.17 bits per heavy atom. The molecule has 0 bridgehead atoms. The largest absolute Gasteiger partial charge is 0.452 e. The lowest BCUT2D eigenvalue weighted by Gasteiger charge is -2.17. The van der Waals surface area contributed by atoms with Crippen molar-refractivity contribution in [2.75, 3.05) is 11.9 Å². The number of nitrogens with one attached hydrogen (secondary N) is 2.